The number of H-pyrrole nitrogens is 1. The zero-order chi connectivity index (χ0) is 18.8. The van der Waals surface area contributed by atoms with E-state index in [2.05, 4.69) is 10.1 Å². The standard InChI is InChI=1S/C18H22N6O3/c19-21-16-10-13(4-7-23(16)12-25)24-8-9-27-15-11-14(20-17(15)24)18(26)22-5-2-1-3-6-22/h4,7,10-12,20H,1-3,5-6,8-9,19H2/b21-16-. The molecular formula is C18H22N6O3. The lowest BCUT2D eigenvalue weighted by atomic mass is 10.1. The van der Waals surface area contributed by atoms with Crippen LogP contribution in [0, 0.1) is 0 Å². The zero-order valence-electron chi connectivity index (χ0n) is 14.9. The van der Waals surface area contributed by atoms with Gasteiger partial charge in [-0.3, -0.25) is 14.2 Å². The lowest BCUT2D eigenvalue weighted by Gasteiger charge is -2.29. The summed E-state index contributed by atoms with van der Waals surface area (Å²) >= 11 is 0. The SMILES string of the molecule is N/N=c1/cc(N2CCOc3cc(C(=O)N4CCCCC4)[nH]c32)ccn1C=O. The summed E-state index contributed by atoms with van der Waals surface area (Å²) in [5.41, 5.74) is 1.67. The smallest absolute Gasteiger partial charge is 0.270 e. The first kappa shape index (κ1) is 17.2. The van der Waals surface area contributed by atoms with Crippen molar-refractivity contribution in [3.63, 3.8) is 0 Å². The number of likely N-dealkylation sites (tertiary alicyclic amines) is 1. The maximum absolute atomic E-state index is 12.8. The van der Waals surface area contributed by atoms with E-state index in [1.165, 1.54) is 11.0 Å². The fraction of sp³-hybridized carbons (Fsp3) is 0.389. The van der Waals surface area contributed by atoms with E-state index in [9.17, 15) is 9.59 Å². The van der Waals surface area contributed by atoms with Crippen molar-refractivity contribution >= 4 is 23.8 Å². The first-order valence-corrected chi connectivity index (χ1v) is 9.05. The monoisotopic (exact) mass is 370 g/mol. The maximum Gasteiger partial charge on any atom is 0.270 e. The molecule has 1 fully saturated rings. The van der Waals surface area contributed by atoms with Gasteiger partial charge < -0.3 is 25.4 Å². The number of hydrogen-bond acceptors (Lipinski definition) is 6. The van der Waals surface area contributed by atoms with Crippen LogP contribution in [0.3, 0.4) is 0 Å². The molecule has 0 spiro atoms. The molecule has 2 aliphatic heterocycles. The summed E-state index contributed by atoms with van der Waals surface area (Å²) in [6.07, 6.45) is 5.50. The highest BCUT2D eigenvalue weighted by atomic mass is 16.5. The number of pyridine rings is 1. The molecule has 1 saturated heterocycles. The highest BCUT2D eigenvalue weighted by Crippen LogP contribution is 2.36. The highest BCUT2D eigenvalue weighted by Gasteiger charge is 2.27. The molecule has 0 aliphatic carbocycles. The van der Waals surface area contributed by atoms with Crippen LogP contribution in [-0.2, 0) is 4.79 Å². The van der Waals surface area contributed by atoms with E-state index in [4.69, 9.17) is 10.6 Å². The predicted molar refractivity (Wildman–Crippen MR) is 99.4 cm³/mol. The molecule has 0 radical (unpaired) electrons. The zero-order valence-corrected chi connectivity index (χ0v) is 14.9. The van der Waals surface area contributed by atoms with Crippen molar-refractivity contribution < 1.29 is 14.3 Å². The van der Waals surface area contributed by atoms with Crippen molar-refractivity contribution in [3.05, 3.63) is 35.6 Å². The van der Waals surface area contributed by atoms with Crippen molar-refractivity contribution in [3.8, 4) is 5.75 Å². The minimum atomic E-state index is -0.00263. The van der Waals surface area contributed by atoms with Crippen molar-refractivity contribution in [1.29, 1.82) is 0 Å². The average Bonchev–Trinajstić information content (AvgIpc) is 3.17. The van der Waals surface area contributed by atoms with Crippen LogP contribution < -0.4 is 21.0 Å². The number of aromatic amines is 1. The number of piperidine rings is 1. The third kappa shape index (κ3) is 3.16. The maximum atomic E-state index is 12.8. The van der Waals surface area contributed by atoms with Crippen molar-refractivity contribution in [2.75, 3.05) is 31.1 Å². The molecule has 0 aromatic carbocycles. The molecule has 0 bridgehead atoms. The van der Waals surface area contributed by atoms with Crippen LogP contribution >= 0.6 is 0 Å². The van der Waals surface area contributed by atoms with Gasteiger partial charge in [-0.2, -0.15) is 5.10 Å². The van der Waals surface area contributed by atoms with Crippen LogP contribution in [0.4, 0.5) is 11.5 Å². The summed E-state index contributed by atoms with van der Waals surface area (Å²) in [6.45, 7) is 2.66. The van der Waals surface area contributed by atoms with E-state index in [1.807, 2.05) is 9.80 Å². The first-order chi connectivity index (χ1) is 13.2. The van der Waals surface area contributed by atoms with Gasteiger partial charge in [-0.1, -0.05) is 0 Å². The van der Waals surface area contributed by atoms with Crippen molar-refractivity contribution in [2.45, 2.75) is 19.3 Å². The quantitative estimate of drug-likeness (QED) is 0.472. The van der Waals surface area contributed by atoms with E-state index in [-0.39, 0.29) is 5.91 Å². The number of amides is 1. The Bertz CT molecular complexity index is 925. The Balaban J connectivity index is 1.67. The number of carbonyl (C=O) groups excluding carboxylic acids is 2. The molecule has 2 aliphatic rings. The molecule has 142 valence electrons. The minimum Gasteiger partial charge on any atom is -0.488 e. The number of hydrogen-bond donors (Lipinski definition) is 2. The first-order valence-electron chi connectivity index (χ1n) is 9.05. The largest absolute Gasteiger partial charge is 0.488 e. The molecule has 0 unspecified atom stereocenters. The van der Waals surface area contributed by atoms with Crippen LogP contribution in [0.15, 0.2) is 29.5 Å². The third-order valence-corrected chi connectivity index (χ3v) is 4.98. The van der Waals surface area contributed by atoms with E-state index in [1.54, 1.807) is 24.4 Å². The minimum absolute atomic E-state index is 0.00263. The fourth-order valence-corrected chi connectivity index (χ4v) is 3.58. The number of aromatic nitrogens is 2. The summed E-state index contributed by atoms with van der Waals surface area (Å²) in [6, 6.07) is 5.28. The number of ether oxygens (including phenoxy) is 1. The van der Waals surface area contributed by atoms with Crippen LogP contribution in [0.1, 0.15) is 29.8 Å². The second kappa shape index (κ2) is 7.18. The molecule has 3 N–H and O–H groups in total. The van der Waals surface area contributed by atoms with Gasteiger partial charge in [-0.15, -0.1) is 0 Å². The predicted octanol–water partition coefficient (Wildman–Crippen LogP) is 0.785. The molecular weight excluding hydrogens is 348 g/mol. The summed E-state index contributed by atoms with van der Waals surface area (Å²) in [5, 5.41) is 3.65. The molecule has 9 nitrogen and oxygen atoms in total. The Morgan fingerprint density at radius 3 is 2.78 bits per heavy atom. The second-order valence-electron chi connectivity index (χ2n) is 6.63. The van der Waals surface area contributed by atoms with Gasteiger partial charge in [0.25, 0.3) is 5.91 Å². The van der Waals surface area contributed by atoms with Crippen LogP contribution in [0.5, 0.6) is 5.75 Å². The molecule has 2 aromatic rings. The highest BCUT2D eigenvalue weighted by molar-refractivity contribution is 5.94. The number of anilines is 2. The second-order valence-corrected chi connectivity index (χ2v) is 6.63. The number of nitrogens with zero attached hydrogens (tertiary/aromatic N) is 4. The van der Waals surface area contributed by atoms with Gasteiger partial charge in [0.1, 0.15) is 12.3 Å². The Kier molecular flexibility index (Phi) is 4.57. The summed E-state index contributed by atoms with van der Waals surface area (Å²) < 4.78 is 7.04. The van der Waals surface area contributed by atoms with Gasteiger partial charge in [0, 0.05) is 37.1 Å². The molecule has 4 heterocycles. The summed E-state index contributed by atoms with van der Waals surface area (Å²) in [4.78, 5) is 31.0. The topological polar surface area (TPSA) is 109 Å². The Morgan fingerprint density at radius 2 is 2.04 bits per heavy atom. The molecule has 4 rings (SSSR count). The number of carbonyl (C=O) groups is 2. The lowest BCUT2D eigenvalue weighted by molar-refractivity contribution is 0.0719. The number of nitrogens with two attached hydrogens (primary N) is 1. The van der Waals surface area contributed by atoms with E-state index in [0.29, 0.717) is 42.3 Å². The van der Waals surface area contributed by atoms with Gasteiger partial charge in [0.2, 0.25) is 6.41 Å². The lowest BCUT2D eigenvalue weighted by Crippen LogP contribution is -2.35. The van der Waals surface area contributed by atoms with Crippen LogP contribution in [-0.4, -0.2) is 53.0 Å². The molecule has 27 heavy (non-hydrogen) atoms. The molecule has 1 amide bonds. The van der Waals surface area contributed by atoms with Crippen LogP contribution in [0.2, 0.25) is 0 Å². The van der Waals surface area contributed by atoms with Gasteiger partial charge in [-0.05, 0) is 25.3 Å². The Hall–Kier alpha value is -3.23. The van der Waals surface area contributed by atoms with Crippen molar-refractivity contribution in [1.82, 2.24) is 14.5 Å². The van der Waals surface area contributed by atoms with Gasteiger partial charge in [0.05, 0.1) is 6.54 Å². The third-order valence-electron chi connectivity index (χ3n) is 4.98. The summed E-state index contributed by atoms with van der Waals surface area (Å²) in [5.74, 6) is 6.74. The van der Waals surface area contributed by atoms with Gasteiger partial charge in [-0.25, -0.2) is 0 Å². The van der Waals surface area contributed by atoms with Gasteiger partial charge >= 0.3 is 0 Å². The number of nitrogens with one attached hydrogen (secondary N) is 1. The van der Waals surface area contributed by atoms with Gasteiger partial charge in [0.15, 0.2) is 17.1 Å². The van der Waals surface area contributed by atoms with Crippen molar-refractivity contribution in [2.24, 2.45) is 10.9 Å². The molecule has 9 heteroatoms. The Labute approximate surface area is 156 Å². The molecule has 0 atom stereocenters. The van der Waals surface area contributed by atoms with E-state index >= 15 is 0 Å². The molecule has 2 aromatic heterocycles. The van der Waals surface area contributed by atoms with Crippen LogP contribution in [0.25, 0.3) is 0 Å². The van der Waals surface area contributed by atoms with E-state index in [0.717, 1.165) is 31.6 Å². The van der Waals surface area contributed by atoms with E-state index < -0.39 is 0 Å². The normalized spacial score (nSPS) is 17.4. The summed E-state index contributed by atoms with van der Waals surface area (Å²) in [7, 11) is 0. The Morgan fingerprint density at radius 1 is 1.22 bits per heavy atom. The fourth-order valence-electron chi connectivity index (χ4n) is 3.58. The number of rotatable bonds is 3. The number of fused-ring (bicyclic) bond motifs is 1. The molecule has 0 saturated carbocycles. The average molecular weight is 370 g/mol.